The van der Waals surface area contributed by atoms with Gasteiger partial charge in [0.1, 0.15) is 0 Å². The summed E-state index contributed by atoms with van der Waals surface area (Å²) in [5.74, 6) is 0. The standard InChI is InChI=1S/C18H31N3/c1-4-15(3)20-10-12-21(13-11-20)18(14-19)17-9-7-6-8-16(17)5-2/h6-9,15,18H,4-5,10-14,19H2,1-3H3. The van der Waals surface area contributed by atoms with Crippen LogP contribution in [0.4, 0.5) is 0 Å². The first kappa shape index (κ1) is 16.5. The van der Waals surface area contributed by atoms with Gasteiger partial charge in [0.25, 0.3) is 0 Å². The van der Waals surface area contributed by atoms with E-state index in [1.54, 1.807) is 0 Å². The summed E-state index contributed by atoms with van der Waals surface area (Å²) in [7, 11) is 0. The molecule has 1 saturated heterocycles. The van der Waals surface area contributed by atoms with Crippen molar-refractivity contribution in [3.05, 3.63) is 35.4 Å². The Labute approximate surface area is 130 Å². The Balaban J connectivity index is 2.06. The molecule has 1 heterocycles. The van der Waals surface area contributed by atoms with Crippen LogP contribution >= 0.6 is 0 Å². The number of hydrogen-bond donors (Lipinski definition) is 1. The molecule has 21 heavy (non-hydrogen) atoms. The van der Waals surface area contributed by atoms with Gasteiger partial charge in [0.2, 0.25) is 0 Å². The van der Waals surface area contributed by atoms with Crippen LogP contribution in [0.15, 0.2) is 24.3 Å². The highest BCUT2D eigenvalue weighted by Crippen LogP contribution is 2.25. The number of hydrogen-bond acceptors (Lipinski definition) is 3. The number of nitrogens with zero attached hydrogens (tertiary/aromatic N) is 2. The van der Waals surface area contributed by atoms with Crippen molar-refractivity contribution < 1.29 is 0 Å². The maximum Gasteiger partial charge on any atom is 0.0474 e. The second kappa shape index (κ2) is 7.92. The number of rotatable bonds is 6. The van der Waals surface area contributed by atoms with Crippen molar-refractivity contribution in [3.63, 3.8) is 0 Å². The molecule has 0 spiro atoms. The molecule has 2 N–H and O–H groups in total. The van der Waals surface area contributed by atoms with Gasteiger partial charge in [-0.3, -0.25) is 9.80 Å². The summed E-state index contributed by atoms with van der Waals surface area (Å²) in [4.78, 5) is 5.18. The molecule has 118 valence electrons. The third kappa shape index (κ3) is 3.85. The zero-order chi connectivity index (χ0) is 15.2. The second-order valence-electron chi connectivity index (χ2n) is 6.13. The van der Waals surface area contributed by atoms with Crippen LogP contribution in [-0.4, -0.2) is 48.6 Å². The Morgan fingerprint density at radius 3 is 2.24 bits per heavy atom. The molecule has 0 radical (unpaired) electrons. The molecule has 1 aromatic carbocycles. The molecule has 0 amide bonds. The molecule has 3 heteroatoms. The van der Waals surface area contributed by atoms with Crippen LogP contribution in [0.25, 0.3) is 0 Å². The molecular formula is C18H31N3. The largest absolute Gasteiger partial charge is 0.329 e. The van der Waals surface area contributed by atoms with Gasteiger partial charge in [0, 0.05) is 44.8 Å². The Morgan fingerprint density at radius 2 is 1.67 bits per heavy atom. The van der Waals surface area contributed by atoms with Gasteiger partial charge < -0.3 is 5.73 Å². The highest BCUT2D eigenvalue weighted by molar-refractivity contribution is 5.30. The van der Waals surface area contributed by atoms with E-state index >= 15 is 0 Å². The van der Waals surface area contributed by atoms with E-state index in [2.05, 4.69) is 54.8 Å². The Bertz CT molecular complexity index is 424. The molecule has 2 atom stereocenters. The second-order valence-corrected chi connectivity index (χ2v) is 6.13. The van der Waals surface area contributed by atoms with Crippen molar-refractivity contribution in [2.45, 2.75) is 45.7 Å². The van der Waals surface area contributed by atoms with Crippen molar-refractivity contribution in [3.8, 4) is 0 Å². The van der Waals surface area contributed by atoms with Crippen molar-refractivity contribution in [2.24, 2.45) is 5.73 Å². The number of piperazine rings is 1. The van der Waals surface area contributed by atoms with Crippen molar-refractivity contribution in [1.29, 1.82) is 0 Å². The maximum absolute atomic E-state index is 6.12. The molecule has 0 aromatic heterocycles. The number of aryl methyl sites for hydroxylation is 1. The summed E-state index contributed by atoms with van der Waals surface area (Å²) in [6, 6.07) is 9.86. The van der Waals surface area contributed by atoms with Crippen LogP contribution in [0, 0.1) is 0 Å². The molecular weight excluding hydrogens is 258 g/mol. The summed E-state index contributed by atoms with van der Waals surface area (Å²) in [5.41, 5.74) is 9.00. The third-order valence-electron chi connectivity index (χ3n) is 5.02. The minimum Gasteiger partial charge on any atom is -0.329 e. The van der Waals surface area contributed by atoms with Crippen LogP contribution in [0.1, 0.15) is 44.4 Å². The average Bonchev–Trinajstić information content (AvgIpc) is 2.56. The highest BCUT2D eigenvalue weighted by atomic mass is 15.3. The van der Waals surface area contributed by atoms with E-state index in [9.17, 15) is 0 Å². The highest BCUT2D eigenvalue weighted by Gasteiger charge is 2.26. The van der Waals surface area contributed by atoms with E-state index in [1.165, 1.54) is 30.6 Å². The molecule has 1 aromatic rings. The van der Waals surface area contributed by atoms with Crippen molar-refractivity contribution >= 4 is 0 Å². The normalized spacial score (nSPS) is 20.4. The molecule has 0 aliphatic carbocycles. The summed E-state index contributed by atoms with van der Waals surface area (Å²) in [5, 5.41) is 0. The van der Waals surface area contributed by atoms with E-state index in [-0.39, 0.29) is 0 Å². The van der Waals surface area contributed by atoms with Gasteiger partial charge >= 0.3 is 0 Å². The first-order valence-corrected chi connectivity index (χ1v) is 8.47. The third-order valence-corrected chi connectivity index (χ3v) is 5.02. The van der Waals surface area contributed by atoms with Crippen LogP contribution in [0.5, 0.6) is 0 Å². The molecule has 2 unspecified atom stereocenters. The lowest BCUT2D eigenvalue weighted by molar-refractivity contribution is 0.0741. The fourth-order valence-electron chi connectivity index (χ4n) is 3.40. The lowest BCUT2D eigenvalue weighted by Crippen LogP contribution is -2.51. The Morgan fingerprint density at radius 1 is 1.05 bits per heavy atom. The van der Waals surface area contributed by atoms with E-state index in [4.69, 9.17) is 5.73 Å². The molecule has 1 fully saturated rings. The van der Waals surface area contributed by atoms with Crippen LogP contribution in [0.3, 0.4) is 0 Å². The van der Waals surface area contributed by atoms with Gasteiger partial charge in [-0.15, -0.1) is 0 Å². The van der Waals surface area contributed by atoms with Gasteiger partial charge in [-0.1, -0.05) is 38.1 Å². The van der Waals surface area contributed by atoms with Crippen LogP contribution in [-0.2, 0) is 6.42 Å². The zero-order valence-electron chi connectivity index (χ0n) is 13.9. The Kier molecular flexibility index (Phi) is 6.22. The van der Waals surface area contributed by atoms with Crippen molar-refractivity contribution in [2.75, 3.05) is 32.7 Å². The fourth-order valence-corrected chi connectivity index (χ4v) is 3.40. The van der Waals surface area contributed by atoms with Gasteiger partial charge in [-0.2, -0.15) is 0 Å². The lowest BCUT2D eigenvalue weighted by Gasteiger charge is -2.41. The molecule has 3 nitrogen and oxygen atoms in total. The van der Waals surface area contributed by atoms with E-state index < -0.39 is 0 Å². The van der Waals surface area contributed by atoms with Gasteiger partial charge in [0.05, 0.1) is 0 Å². The van der Waals surface area contributed by atoms with Crippen LogP contribution in [0.2, 0.25) is 0 Å². The SMILES string of the molecule is CCc1ccccc1C(CN)N1CCN(C(C)CC)CC1. The predicted octanol–water partition coefficient (Wildman–Crippen LogP) is 2.66. The maximum atomic E-state index is 6.12. The molecule has 0 saturated carbocycles. The minimum absolute atomic E-state index is 0.375. The predicted molar refractivity (Wildman–Crippen MR) is 90.5 cm³/mol. The number of benzene rings is 1. The average molecular weight is 289 g/mol. The summed E-state index contributed by atoms with van der Waals surface area (Å²) in [6.07, 6.45) is 2.32. The quantitative estimate of drug-likeness (QED) is 0.874. The summed E-state index contributed by atoms with van der Waals surface area (Å²) < 4.78 is 0. The van der Waals surface area contributed by atoms with E-state index in [1.807, 2.05) is 0 Å². The molecule has 1 aliphatic heterocycles. The molecule has 2 rings (SSSR count). The topological polar surface area (TPSA) is 32.5 Å². The first-order valence-electron chi connectivity index (χ1n) is 8.47. The van der Waals surface area contributed by atoms with Crippen LogP contribution < -0.4 is 5.73 Å². The van der Waals surface area contributed by atoms with Gasteiger partial charge in [-0.05, 0) is 30.9 Å². The van der Waals surface area contributed by atoms with Crippen molar-refractivity contribution in [1.82, 2.24) is 9.80 Å². The molecule has 1 aliphatic rings. The smallest absolute Gasteiger partial charge is 0.0474 e. The fraction of sp³-hybridized carbons (Fsp3) is 0.667. The van der Waals surface area contributed by atoms with Gasteiger partial charge in [0.15, 0.2) is 0 Å². The lowest BCUT2D eigenvalue weighted by atomic mass is 9.97. The zero-order valence-corrected chi connectivity index (χ0v) is 13.9. The van der Waals surface area contributed by atoms with E-state index in [0.717, 1.165) is 19.5 Å². The monoisotopic (exact) mass is 289 g/mol. The minimum atomic E-state index is 0.375. The van der Waals surface area contributed by atoms with Gasteiger partial charge in [-0.25, -0.2) is 0 Å². The Hall–Kier alpha value is -0.900. The molecule has 0 bridgehead atoms. The summed E-state index contributed by atoms with van der Waals surface area (Å²) in [6.45, 7) is 12.1. The first-order chi connectivity index (χ1) is 10.2. The van der Waals surface area contributed by atoms with E-state index in [0.29, 0.717) is 18.6 Å². The number of nitrogens with two attached hydrogens (primary N) is 1. The summed E-state index contributed by atoms with van der Waals surface area (Å²) >= 11 is 0.